The summed E-state index contributed by atoms with van der Waals surface area (Å²) in [5.41, 5.74) is 4.61. The Bertz CT molecular complexity index is 806. The Labute approximate surface area is 151 Å². The largest absolute Gasteiger partial charge is 0.449 e. The second-order valence-corrected chi connectivity index (χ2v) is 6.65. The number of amides is 2. The van der Waals surface area contributed by atoms with Crippen LogP contribution in [0, 0.1) is 0 Å². The summed E-state index contributed by atoms with van der Waals surface area (Å²) in [6, 6.07) is 15.2. The molecule has 134 valence electrons. The molecule has 1 aliphatic heterocycles. The summed E-state index contributed by atoms with van der Waals surface area (Å²) in [5.74, 6) is -0.312. The van der Waals surface area contributed by atoms with E-state index in [1.54, 1.807) is 0 Å². The maximum atomic E-state index is 12.1. The number of carbonyl (C=O) groups excluding carboxylic acids is 2. The molecule has 1 fully saturated rings. The third kappa shape index (κ3) is 2.93. The van der Waals surface area contributed by atoms with Crippen LogP contribution in [0.1, 0.15) is 23.5 Å². The molecule has 0 bridgehead atoms. The first-order chi connectivity index (χ1) is 12.7. The molecule has 1 heterocycles. The average molecular weight is 352 g/mol. The van der Waals surface area contributed by atoms with Crippen molar-refractivity contribution in [3.8, 4) is 11.1 Å². The molecule has 0 saturated carbocycles. The molecule has 3 N–H and O–H groups in total. The van der Waals surface area contributed by atoms with Crippen molar-refractivity contribution < 1.29 is 19.4 Å². The zero-order chi connectivity index (χ0) is 18.1. The number of benzene rings is 2. The molecule has 1 aliphatic carbocycles. The van der Waals surface area contributed by atoms with E-state index in [9.17, 15) is 9.59 Å². The van der Waals surface area contributed by atoms with Gasteiger partial charge >= 0.3 is 6.09 Å². The molecule has 2 atom stereocenters. The van der Waals surface area contributed by atoms with Crippen LogP contribution in [-0.4, -0.2) is 42.4 Å². The second kappa shape index (κ2) is 6.80. The van der Waals surface area contributed by atoms with Crippen molar-refractivity contribution >= 4 is 12.0 Å². The Morgan fingerprint density at radius 3 is 2.31 bits per heavy atom. The molecule has 0 radical (unpaired) electrons. The van der Waals surface area contributed by atoms with Crippen LogP contribution in [0.5, 0.6) is 0 Å². The van der Waals surface area contributed by atoms with Gasteiger partial charge in [0.05, 0.1) is 12.6 Å². The number of hydrogen-bond acceptors (Lipinski definition) is 4. The molecular formula is C20H20N2O4. The molecule has 2 amide bonds. The lowest BCUT2D eigenvalue weighted by Gasteiger charge is -2.16. The molecule has 0 aromatic heterocycles. The maximum Gasteiger partial charge on any atom is 0.407 e. The standard InChI is InChI=1S/C20H20N2O4/c23-10-12-9-18(19(24)21-12)22-20(25)26-11-17-15-7-3-1-5-13(15)14-6-2-4-8-16(14)17/h1-8,12,17-18,23H,9-11H2,(H,21,24)(H,22,25)/t12-,18-/m1/s1. The lowest BCUT2D eigenvalue weighted by Crippen LogP contribution is -2.40. The number of alkyl carbamates (subject to hydrolysis) is 1. The summed E-state index contributed by atoms with van der Waals surface area (Å²) in [6.45, 7) is 0.0617. The smallest absolute Gasteiger partial charge is 0.407 e. The van der Waals surface area contributed by atoms with Crippen molar-refractivity contribution in [1.29, 1.82) is 0 Å². The fourth-order valence-electron chi connectivity index (χ4n) is 3.78. The summed E-state index contributed by atoms with van der Waals surface area (Å²) < 4.78 is 5.43. The van der Waals surface area contributed by atoms with Crippen molar-refractivity contribution in [3.63, 3.8) is 0 Å². The van der Waals surface area contributed by atoms with Gasteiger partial charge in [0.2, 0.25) is 5.91 Å². The van der Waals surface area contributed by atoms with Crippen molar-refractivity contribution in [2.24, 2.45) is 0 Å². The van der Waals surface area contributed by atoms with E-state index in [1.807, 2.05) is 24.3 Å². The molecular weight excluding hydrogens is 332 g/mol. The minimum absolute atomic E-state index is 0.0178. The first-order valence-electron chi connectivity index (χ1n) is 8.70. The van der Waals surface area contributed by atoms with E-state index in [-0.39, 0.29) is 31.1 Å². The number of ether oxygens (including phenoxy) is 1. The van der Waals surface area contributed by atoms with Crippen LogP contribution < -0.4 is 10.6 Å². The molecule has 1 saturated heterocycles. The predicted octanol–water partition coefficient (Wildman–Crippen LogP) is 1.77. The van der Waals surface area contributed by atoms with Gasteiger partial charge in [0, 0.05) is 5.92 Å². The zero-order valence-corrected chi connectivity index (χ0v) is 14.1. The number of aliphatic hydroxyl groups excluding tert-OH is 1. The minimum Gasteiger partial charge on any atom is -0.449 e. The van der Waals surface area contributed by atoms with Crippen LogP contribution in [0.25, 0.3) is 11.1 Å². The molecule has 6 heteroatoms. The zero-order valence-electron chi connectivity index (χ0n) is 14.1. The SMILES string of the molecule is O=C(N[C@@H]1C[C@H](CO)NC1=O)OCC1c2ccccc2-c2ccccc21. The first-order valence-corrected chi connectivity index (χ1v) is 8.70. The third-order valence-electron chi connectivity index (χ3n) is 5.04. The van der Waals surface area contributed by atoms with Crippen LogP contribution in [0.15, 0.2) is 48.5 Å². The normalized spacial score (nSPS) is 21.0. The van der Waals surface area contributed by atoms with E-state index in [0.717, 1.165) is 22.3 Å². The molecule has 6 nitrogen and oxygen atoms in total. The number of carbonyl (C=O) groups is 2. The predicted molar refractivity (Wildman–Crippen MR) is 95.6 cm³/mol. The summed E-state index contributed by atoms with van der Waals surface area (Å²) >= 11 is 0. The number of fused-ring (bicyclic) bond motifs is 3. The van der Waals surface area contributed by atoms with Gasteiger partial charge in [-0.1, -0.05) is 48.5 Å². The van der Waals surface area contributed by atoms with Gasteiger partial charge in [-0.05, 0) is 28.7 Å². The summed E-state index contributed by atoms with van der Waals surface area (Å²) in [7, 11) is 0. The highest BCUT2D eigenvalue weighted by molar-refractivity contribution is 5.88. The lowest BCUT2D eigenvalue weighted by molar-refractivity contribution is -0.121. The average Bonchev–Trinajstić information content (AvgIpc) is 3.18. The van der Waals surface area contributed by atoms with Crippen LogP contribution in [0.3, 0.4) is 0 Å². The topological polar surface area (TPSA) is 87.7 Å². The molecule has 2 aromatic carbocycles. The molecule has 26 heavy (non-hydrogen) atoms. The Morgan fingerprint density at radius 2 is 1.73 bits per heavy atom. The van der Waals surface area contributed by atoms with Gasteiger partial charge in [0.25, 0.3) is 0 Å². The van der Waals surface area contributed by atoms with E-state index in [1.165, 1.54) is 0 Å². The number of nitrogens with one attached hydrogen (secondary N) is 2. The molecule has 0 unspecified atom stereocenters. The molecule has 4 rings (SSSR count). The quantitative estimate of drug-likeness (QED) is 0.783. The number of aliphatic hydroxyl groups is 1. The summed E-state index contributed by atoms with van der Waals surface area (Å²) in [5, 5.41) is 14.3. The van der Waals surface area contributed by atoms with Gasteiger partial charge in [-0.2, -0.15) is 0 Å². The number of hydrogen-bond donors (Lipinski definition) is 3. The maximum absolute atomic E-state index is 12.1. The molecule has 2 aromatic rings. The molecule has 2 aliphatic rings. The second-order valence-electron chi connectivity index (χ2n) is 6.65. The van der Waals surface area contributed by atoms with Crippen molar-refractivity contribution in [2.45, 2.75) is 24.4 Å². The van der Waals surface area contributed by atoms with E-state index >= 15 is 0 Å². The fourth-order valence-corrected chi connectivity index (χ4v) is 3.78. The highest BCUT2D eigenvalue weighted by atomic mass is 16.5. The Kier molecular flexibility index (Phi) is 4.34. The van der Waals surface area contributed by atoms with E-state index in [0.29, 0.717) is 6.42 Å². The van der Waals surface area contributed by atoms with E-state index in [4.69, 9.17) is 9.84 Å². The van der Waals surface area contributed by atoms with Gasteiger partial charge in [-0.15, -0.1) is 0 Å². The molecule has 0 spiro atoms. The Morgan fingerprint density at radius 1 is 1.12 bits per heavy atom. The third-order valence-corrected chi connectivity index (χ3v) is 5.04. The van der Waals surface area contributed by atoms with Gasteiger partial charge in [-0.3, -0.25) is 4.79 Å². The lowest BCUT2D eigenvalue weighted by atomic mass is 9.98. The van der Waals surface area contributed by atoms with Crippen molar-refractivity contribution in [2.75, 3.05) is 13.2 Å². The van der Waals surface area contributed by atoms with Crippen LogP contribution in [0.2, 0.25) is 0 Å². The van der Waals surface area contributed by atoms with Gasteiger partial charge in [0.15, 0.2) is 0 Å². The Balaban J connectivity index is 1.43. The fraction of sp³-hybridized carbons (Fsp3) is 0.300. The first kappa shape index (κ1) is 16.6. The van der Waals surface area contributed by atoms with E-state index < -0.39 is 12.1 Å². The highest BCUT2D eigenvalue weighted by Crippen LogP contribution is 2.44. The van der Waals surface area contributed by atoms with Gasteiger partial charge < -0.3 is 20.5 Å². The minimum atomic E-state index is -0.664. The van der Waals surface area contributed by atoms with E-state index in [2.05, 4.69) is 34.9 Å². The Hall–Kier alpha value is -2.86. The van der Waals surface area contributed by atoms with Gasteiger partial charge in [0.1, 0.15) is 12.6 Å². The monoisotopic (exact) mass is 352 g/mol. The van der Waals surface area contributed by atoms with Crippen molar-refractivity contribution in [1.82, 2.24) is 10.6 Å². The van der Waals surface area contributed by atoms with Crippen molar-refractivity contribution in [3.05, 3.63) is 59.7 Å². The van der Waals surface area contributed by atoms with Gasteiger partial charge in [-0.25, -0.2) is 4.79 Å². The van der Waals surface area contributed by atoms with Crippen LogP contribution in [-0.2, 0) is 9.53 Å². The summed E-state index contributed by atoms with van der Waals surface area (Å²) in [6.07, 6.45) is -0.259. The van der Waals surface area contributed by atoms with Crippen LogP contribution >= 0.6 is 0 Å². The van der Waals surface area contributed by atoms with Crippen LogP contribution in [0.4, 0.5) is 4.79 Å². The number of rotatable bonds is 4. The highest BCUT2D eigenvalue weighted by Gasteiger charge is 2.34. The summed E-state index contributed by atoms with van der Waals surface area (Å²) in [4.78, 5) is 23.9.